The van der Waals surface area contributed by atoms with Gasteiger partial charge in [0.05, 0.1) is 6.04 Å². The van der Waals surface area contributed by atoms with Crippen LogP contribution in [0.25, 0.3) is 11.1 Å². The fourth-order valence-corrected chi connectivity index (χ4v) is 3.56. The third-order valence-electron chi connectivity index (χ3n) is 5.08. The largest absolute Gasteiger partial charge is 0.440 e. The number of aromatic nitrogens is 1. The van der Waals surface area contributed by atoms with Gasteiger partial charge in [0.1, 0.15) is 5.52 Å². The lowest BCUT2D eigenvalue weighted by molar-refractivity contribution is -0.121. The minimum atomic E-state index is -0.192. The summed E-state index contributed by atoms with van der Waals surface area (Å²) in [5.74, 6) is 1.03. The van der Waals surface area contributed by atoms with E-state index in [1.807, 2.05) is 61.5 Å². The summed E-state index contributed by atoms with van der Waals surface area (Å²) in [6.45, 7) is 3.67. The molecule has 1 fully saturated rings. The first kappa shape index (κ1) is 16.8. The van der Waals surface area contributed by atoms with E-state index in [0.29, 0.717) is 0 Å². The maximum Gasteiger partial charge on any atom is 0.241 e. The second-order valence-electron chi connectivity index (χ2n) is 6.89. The van der Waals surface area contributed by atoms with E-state index in [4.69, 9.17) is 4.42 Å². The maximum absolute atomic E-state index is 12.6. The Hall–Kier alpha value is -2.66. The molecule has 1 amide bonds. The van der Waals surface area contributed by atoms with Crippen molar-refractivity contribution < 1.29 is 9.21 Å². The molecule has 26 heavy (non-hydrogen) atoms. The number of hydrogen-bond donors (Lipinski definition) is 1. The number of oxazole rings is 1. The zero-order chi connectivity index (χ0) is 17.9. The van der Waals surface area contributed by atoms with Crippen LogP contribution < -0.4 is 5.32 Å². The number of para-hydroxylation sites is 3. The van der Waals surface area contributed by atoms with Gasteiger partial charge in [-0.2, -0.15) is 0 Å². The van der Waals surface area contributed by atoms with E-state index >= 15 is 0 Å². The van der Waals surface area contributed by atoms with Crippen molar-refractivity contribution in [2.24, 2.45) is 0 Å². The minimum absolute atomic E-state index is 0.0226. The summed E-state index contributed by atoms with van der Waals surface area (Å²) in [5.41, 5.74) is 2.56. The first-order valence-electron chi connectivity index (χ1n) is 9.16. The van der Waals surface area contributed by atoms with Gasteiger partial charge < -0.3 is 9.73 Å². The van der Waals surface area contributed by atoms with E-state index in [0.717, 1.165) is 48.6 Å². The fourth-order valence-electron chi connectivity index (χ4n) is 3.56. The average Bonchev–Trinajstić information content (AvgIpc) is 3.12. The van der Waals surface area contributed by atoms with Crippen molar-refractivity contribution in [3.63, 3.8) is 0 Å². The number of nitrogens with one attached hydrogen (secondary N) is 1. The summed E-state index contributed by atoms with van der Waals surface area (Å²) in [6.07, 6.45) is 2.07. The van der Waals surface area contributed by atoms with Crippen molar-refractivity contribution in [1.82, 2.24) is 9.88 Å². The third kappa shape index (κ3) is 3.48. The van der Waals surface area contributed by atoms with Gasteiger partial charge in [-0.1, -0.05) is 30.3 Å². The van der Waals surface area contributed by atoms with Crippen LogP contribution in [0.3, 0.4) is 0 Å². The van der Waals surface area contributed by atoms with Gasteiger partial charge in [-0.3, -0.25) is 9.69 Å². The molecule has 0 spiro atoms. The first-order chi connectivity index (χ1) is 12.7. The molecule has 134 valence electrons. The topological polar surface area (TPSA) is 58.4 Å². The number of piperidine rings is 1. The summed E-state index contributed by atoms with van der Waals surface area (Å²) >= 11 is 0. The van der Waals surface area contributed by atoms with Crippen LogP contribution in [0.5, 0.6) is 0 Å². The van der Waals surface area contributed by atoms with Gasteiger partial charge in [-0.15, -0.1) is 0 Å². The molecule has 1 N–H and O–H groups in total. The highest BCUT2D eigenvalue weighted by Gasteiger charge is 2.30. The van der Waals surface area contributed by atoms with Gasteiger partial charge in [0.25, 0.3) is 0 Å². The van der Waals surface area contributed by atoms with Crippen molar-refractivity contribution in [2.45, 2.75) is 31.7 Å². The smallest absolute Gasteiger partial charge is 0.241 e. The van der Waals surface area contributed by atoms with Crippen molar-refractivity contribution >= 4 is 22.7 Å². The molecule has 1 aliphatic heterocycles. The number of anilines is 1. The van der Waals surface area contributed by atoms with Gasteiger partial charge in [-0.25, -0.2) is 4.98 Å². The van der Waals surface area contributed by atoms with E-state index in [9.17, 15) is 4.79 Å². The van der Waals surface area contributed by atoms with Gasteiger partial charge in [0.15, 0.2) is 11.5 Å². The Morgan fingerprint density at radius 2 is 1.96 bits per heavy atom. The number of rotatable bonds is 4. The Morgan fingerprint density at radius 3 is 2.77 bits per heavy atom. The Morgan fingerprint density at radius 1 is 1.19 bits per heavy atom. The van der Waals surface area contributed by atoms with Crippen LogP contribution in [-0.2, 0) is 4.79 Å². The third-order valence-corrected chi connectivity index (χ3v) is 5.08. The van der Waals surface area contributed by atoms with Crippen LogP contribution in [0.1, 0.15) is 31.6 Å². The van der Waals surface area contributed by atoms with Crippen LogP contribution in [0.15, 0.2) is 59.0 Å². The second-order valence-corrected chi connectivity index (χ2v) is 6.89. The molecule has 0 saturated carbocycles. The Bertz CT molecular complexity index is 857. The number of carbonyl (C=O) groups is 1. The van der Waals surface area contributed by atoms with Crippen LogP contribution in [0.4, 0.5) is 5.69 Å². The number of amides is 1. The predicted molar refractivity (Wildman–Crippen MR) is 102 cm³/mol. The number of benzene rings is 2. The molecule has 0 radical (unpaired) electrons. The summed E-state index contributed by atoms with van der Waals surface area (Å²) in [4.78, 5) is 19.5. The molecule has 2 atom stereocenters. The van der Waals surface area contributed by atoms with Gasteiger partial charge in [0.2, 0.25) is 5.91 Å². The Labute approximate surface area is 153 Å². The van der Waals surface area contributed by atoms with Gasteiger partial charge >= 0.3 is 0 Å². The van der Waals surface area contributed by atoms with Gasteiger partial charge in [0, 0.05) is 18.2 Å². The standard InChI is InChI=1S/C21H23N3O2/c1-15(20(25)22-17-9-3-2-4-10-17)24-13-7-8-16(14-24)21-23-18-11-5-6-12-19(18)26-21/h2-6,9-12,15-16H,7-8,13-14H2,1H3,(H,22,25)/t15-,16-/m1/s1. The molecule has 4 rings (SSSR count). The number of fused-ring (bicyclic) bond motifs is 1. The zero-order valence-corrected chi connectivity index (χ0v) is 14.9. The number of likely N-dealkylation sites (tertiary alicyclic amines) is 1. The molecule has 2 heterocycles. The summed E-state index contributed by atoms with van der Waals surface area (Å²) in [6, 6.07) is 17.2. The highest BCUT2D eigenvalue weighted by Crippen LogP contribution is 2.29. The molecule has 0 aliphatic carbocycles. The first-order valence-corrected chi connectivity index (χ1v) is 9.16. The van der Waals surface area contributed by atoms with Crippen LogP contribution in [-0.4, -0.2) is 34.9 Å². The van der Waals surface area contributed by atoms with Crippen LogP contribution >= 0.6 is 0 Å². The zero-order valence-electron chi connectivity index (χ0n) is 14.9. The summed E-state index contributed by atoms with van der Waals surface area (Å²) < 4.78 is 5.95. The molecule has 3 aromatic rings. The minimum Gasteiger partial charge on any atom is -0.440 e. The second kappa shape index (κ2) is 7.30. The molecule has 0 bridgehead atoms. The van der Waals surface area contributed by atoms with Gasteiger partial charge in [-0.05, 0) is 50.6 Å². The molecular formula is C21H23N3O2. The lowest BCUT2D eigenvalue weighted by Gasteiger charge is -2.34. The molecule has 0 unspecified atom stereocenters. The van der Waals surface area contributed by atoms with Crippen LogP contribution in [0.2, 0.25) is 0 Å². The van der Waals surface area contributed by atoms with E-state index in [-0.39, 0.29) is 17.9 Å². The fraction of sp³-hybridized carbons (Fsp3) is 0.333. The summed E-state index contributed by atoms with van der Waals surface area (Å²) in [7, 11) is 0. The van der Waals surface area contributed by atoms with Crippen molar-refractivity contribution in [3.05, 3.63) is 60.5 Å². The number of carbonyl (C=O) groups excluding carboxylic acids is 1. The number of hydrogen-bond acceptors (Lipinski definition) is 4. The molecule has 5 nitrogen and oxygen atoms in total. The molecular weight excluding hydrogens is 326 g/mol. The van der Waals surface area contributed by atoms with Crippen molar-refractivity contribution in [1.29, 1.82) is 0 Å². The summed E-state index contributed by atoms with van der Waals surface area (Å²) in [5, 5.41) is 3.00. The lowest BCUT2D eigenvalue weighted by Crippen LogP contribution is -2.46. The van der Waals surface area contributed by atoms with Crippen molar-refractivity contribution in [2.75, 3.05) is 18.4 Å². The molecule has 5 heteroatoms. The normalized spacial score (nSPS) is 19.3. The van der Waals surface area contributed by atoms with E-state index in [2.05, 4.69) is 15.2 Å². The monoisotopic (exact) mass is 349 g/mol. The number of nitrogens with zero attached hydrogens (tertiary/aromatic N) is 2. The highest BCUT2D eigenvalue weighted by atomic mass is 16.3. The van der Waals surface area contributed by atoms with E-state index < -0.39 is 0 Å². The SMILES string of the molecule is C[C@H](C(=O)Nc1ccccc1)N1CCC[C@@H](c2nc3ccccc3o2)C1. The molecule has 1 aliphatic rings. The van der Waals surface area contributed by atoms with E-state index in [1.165, 1.54) is 0 Å². The highest BCUT2D eigenvalue weighted by molar-refractivity contribution is 5.94. The van der Waals surface area contributed by atoms with E-state index in [1.54, 1.807) is 0 Å². The predicted octanol–water partition coefficient (Wildman–Crippen LogP) is 4.03. The Balaban J connectivity index is 1.44. The molecule has 2 aromatic carbocycles. The Kier molecular flexibility index (Phi) is 4.71. The lowest BCUT2D eigenvalue weighted by atomic mass is 9.96. The molecule has 1 saturated heterocycles. The maximum atomic E-state index is 12.6. The molecule has 1 aromatic heterocycles. The van der Waals surface area contributed by atoms with Crippen LogP contribution in [0, 0.1) is 0 Å². The quantitative estimate of drug-likeness (QED) is 0.772. The average molecular weight is 349 g/mol. The van der Waals surface area contributed by atoms with Crippen molar-refractivity contribution in [3.8, 4) is 0 Å².